The quantitative estimate of drug-likeness (QED) is 0.620. The number of halogens is 2. The van der Waals surface area contributed by atoms with Crippen molar-refractivity contribution < 1.29 is 19.0 Å². The molecule has 0 radical (unpaired) electrons. The number of benzene rings is 2. The fourth-order valence-electron chi connectivity index (χ4n) is 2.93. The van der Waals surface area contributed by atoms with E-state index >= 15 is 0 Å². The summed E-state index contributed by atoms with van der Waals surface area (Å²) in [5.74, 6) is 1.54. The molecule has 7 heteroatoms. The number of carbonyl (C=O) groups excluding carboxylic acids is 1. The standard InChI is InChI=1S/C19H17Br2NO4/c1-9-12(20)7-13(21)18-17(9)11(19(23)22-18)5-10-6-15(25-3)16(26-4)8-14(10)24-2/h5-8H,1-4H3,(H,22,23). The van der Waals surface area contributed by atoms with Gasteiger partial charge in [0.1, 0.15) is 5.75 Å². The Morgan fingerprint density at radius 1 is 0.923 bits per heavy atom. The van der Waals surface area contributed by atoms with E-state index in [1.165, 1.54) is 0 Å². The SMILES string of the molecule is COc1cc(OC)c(OC)cc1C=C1C(=O)Nc2c(Br)cc(Br)c(C)c21. The monoisotopic (exact) mass is 481 g/mol. The Morgan fingerprint density at radius 3 is 2.15 bits per heavy atom. The molecule has 0 saturated carbocycles. The summed E-state index contributed by atoms with van der Waals surface area (Å²) in [6.07, 6.45) is 1.80. The Kier molecular flexibility index (Phi) is 5.29. The van der Waals surface area contributed by atoms with Crippen molar-refractivity contribution in [2.75, 3.05) is 26.6 Å². The number of fused-ring (bicyclic) bond motifs is 1. The van der Waals surface area contributed by atoms with E-state index < -0.39 is 0 Å². The highest BCUT2D eigenvalue weighted by Crippen LogP contribution is 2.44. The van der Waals surface area contributed by atoms with Crippen LogP contribution < -0.4 is 19.5 Å². The zero-order valence-corrected chi connectivity index (χ0v) is 17.9. The molecule has 5 nitrogen and oxygen atoms in total. The Bertz CT molecular complexity index is 938. The summed E-state index contributed by atoms with van der Waals surface area (Å²) >= 11 is 7.05. The van der Waals surface area contributed by atoms with Crippen LogP contribution in [0.1, 0.15) is 16.7 Å². The van der Waals surface area contributed by atoms with Crippen molar-refractivity contribution >= 4 is 55.1 Å². The van der Waals surface area contributed by atoms with E-state index in [0.29, 0.717) is 22.8 Å². The molecule has 1 aliphatic heterocycles. The molecule has 0 unspecified atom stereocenters. The van der Waals surface area contributed by atoms with Crippen molar-refractivity contribution in [2.24, 2.45) is 0 Å². The summed E-state index contributed by atoms with van der Waals surface area (Å²) in [4.78, 5) is 12.6. The highest BCUT2D eigenvalue weighted by atomic mass is 79.9. The second kappa shape index (κ2) is 7.32. The smallest absolute Gasteiger partial charge is 0.256 e. The van der Waals surface area contributed by atoms with E-state index in [4.69, 9.17) is 14.2 Å². The average Bonchev–Trinajstić information content (AvgIpc) is 2.96. The van der Waals surface area contributed by atoms with E-state index in [0.717, 1.165) is 31.3 Å². The molecule has 0 bridgehead atoms. The number of hydrogen-bond acceptors (Lipinski definition) is 4. The Balaban J connectivity index is 2.23. The van der Waals surface area contributed by atoms with Gasteiger partial charge in [-0.05, 0) is 46.6 Å². The predicted molar refractivity (Wildman–Crippen MR) is 109 cm³/mol. The minimum atomic E-state index is -0.168. The first-order valence-corrected chi connectivity index (χ1v) is 9.31. The zero-order chi connectivity index (χ0) is 19.0. The van der Waals surface area contributed by atoms with Gasteiger partial charge in [-0.3, -0.25) is 4.79 Å². The van der Waals surface area contributed by atoms with Crippen LogP contribution in [0.25, 0.3) is 11.6 Å². The number of nitrogens with one attached hydrogen (secondary N) is 1. The molecule has 1 aliphatic rings. The van der Waals surface area contributed by atoms with Crippen LogP contribution >= 0.6 is 31.9 Å². The molecule has 26 heavy (non-hydrogen) atoms. The summed E-state index contributed by atoms with van der Waals surface area (Å²) in [6, 6.07) is 5.45. The van der Waals surface area contributed by atoms with Crippen molar-refractivity contribution in [3.8, 4) is 17.2 Å². The van der Waals surface area contributed by atoms with Gasteiger partial charge in [0.25, 0.3) is 5.91 Å². The fraction of sp³-hybridized carbons (Fsp3) is 0.211. The Labute approximate surface area is 168 Å². The molecule has 1 N–H and O–H groups in total. The maximum atomic E-state index is 12.6. The summed E-state index contributed by atoms with van der Waals surface area (Å²) in [7, 11) is 4.70. The third kappa shape index (κ3) is 3.10. The Hall–Kier alpha value is -1.99. The Morgan fingerprint density at radius 2 is 1.54 bits per heavy atom. The van der Waals surface area contributed by atoms with Crippen LogP contribution in [-0.4, -0.2) is 27.2 Å². The first kappa shape index (κ1) is 18.8. The van der Waals surface area contributed by atoms with E-state index in [2.05, 4.69) is 37.2 Å². The number of rotatable bonds is 4. The molecule has 0 fully saturated rings. The summed E-state index contributed by atoms with van der Waals surface area (Å²) in [6.45, 7) is 1.97. The molecule has 2 aromatic rings. The minimum Gasteiger partial charge on any atom is -0.496 e. The number of amides is 1. The molecule has 0 atom stereocenters. The van der Waals surface area contributed by atoms with Crippen molar-refractivity contribution in [3.63, 3.8) is 0 Å². The molecule has 0 aromatic heterocycles. The third-order valence-corrected chi connectivity index (χ3v) is 5.71. The predicted octanol–water partition coefficient (Wildman–Crippen LogP) is 5.04. The topological polar surface area (TPSA) is 56.8 Å². The van der Waals surface area contributed by atoms with Gasteiger partial charge in [0, 0.05) is 26.1 Å². The summed E-state index contributed by atoms with van der Waals surface area (Å²) in [5.41, 5.74) is 3.88. The summed E-state index contributed by atoms with van der Waals surface area (Å²) < 4.78 is 17.9. The molecule has 1 heterocycles. The van der Waals surface area contributed by atoms with Gasteiger partial charge in [-0.25, -0.2) is 0 Å². The largest absolute Gasteiger partial charge is 0.496 e. The number of hydrogen-bond donors (Lipinski definition) is 1. The second-order valence-electron chi connectivity index (χ2n) is 5.68. The molecular formula is C19H17Br2NO4. The van der Waals surface area contributed by atoms with Crippen molar-refractivity contribution in [2.45, 2.75) is 6.92 Å². The number of anilines is 1. The van der Waals surface area contributed by atoms with Crippen LogP contribution in [0.5, 0.6) is 17.2 Å². The van der Waals surface area contributed by atoms with Crippen LogP contribution in [-0.2, 0) is 4.79 Å². The van der Waals surface area contributed by atoms with E-state index in [-0.39, 0.29) is 5.91 Å². The van der Waals surface area contributed by atoms with Crippen molar-refractivity contribution in [3.05, 3.63) is 43.8 Å². The number of carbonyl (C=O) groups is 1. The lowest BCUT2D eigenvalue weighted by atomic mass is 9.99. The van der Waals surface area contributed by atoms with Crippen LogP contribution in [0.4, 0.5) is 5.69 Å². The van der Waals surface area contributed by atoms with Crippen molar-refractivity contribution in [1.82, 2.24) is 0 Å². The van der Waals surface area contributed by atoms with Gasteiger partial charge in [0.05, 0.1) is 32.6 Å². The van der Waals surface area contributed by atoms with Crippen LogP contribution in [0.3, 0.4) is 0 Å². The average molecular weight is 483 g/mol. The van der Waals surface area contributed by atoms with Gasteiger partial charge < -0.3 is 19.5 Å². The van der Waals surface area contributed by atoms with Crippen LogP contribution in [0, 0.1) is 6.92 Å². The van der Waals surface area contributed by atoms with Crippen LogP contribution in [0.15, 0.2) is 27.1 Å². The van der Waals surface area contributed by atoms with Gasteiger partial charge in [0.2, 0.25) is 0 Å². The lowest BCUT2D eigenvalue weighted by Gasteiger charge is -2.13. The number of methoxy groups -OCH3 is 3. The second-order valence-corrected chi connectivity index (χ2v) is 7.39. The van der Waals surface area contributed by atoms with Gasteiger partial charge in [-0.15, -0.1) is 0 Å². The first-order chi connectivity index (χ1) is 12.4. The van der Waals surface area contributed by atoms with Crippen molar-refractivity contribution in [1.29, 1.82) is 0 Å². The first-order valence-electron chi connectivity index (χ1n) is 7.73. The van der Waals surface area contributed by atoms with Gasteiger partial charge in [-0.1, -0.05) is 15.9 Å². The molecule has 0 saturated heterocycles. The van der Waals surface area contributed by atoms with Gasteiger partial charge in [0.15, 0.2) is 11.5 Å². The van der Waals surface area contributed by atoms with Gasteiger partial charge >= 0.3 is 0 Å². The molecule has 0 aliphatic carbocycles. The normalized spacial score (nSPS) is 14.2. The van der Waals surface area contributed by atoms with E-state index in [1.54, 1.807) is 39.5 Å². The molecule has 0 spiro atoms. The molecule has 136 valence electrons. The minimum absolute atomic E-state index is 0.168. The molecular weight excluding hydrogens is 466 g/mol. The maximum Gasteiger partial charge on any atom is 0.256 e. The number of ether oxygens (including phenoxy) is 3. The van der Waals surface area contributed by atoms with E-state index in [9.17, 15) is 4.79 Å². The van der Waals surface area contributed by atoms with E-state index in [1.807, 2.05) is 13.0 Å². The molecule has 1 amide bonds. The fourth-order valence-corrected chi connectivity index (χ4v) is 4.19. The maximum absolute atomic E-state index is 12.6. The lowest BCUT2D eigenvalue weighted by Crippen LogP contribution is -2.04. The summed E-state index contributed by atoms with van der Waals surface area (Å²) in [5, 5.41) is 2.92. The van der Waals surface area contributed by atoms with Crippen LogP contribution in [0.2, 0.25) is 0 Å². The zero-order valence-electron chi connectivity index (χ0n) is 14.7. The molecule has 2 aromatic carbocycles. The highest BCUT2D eigenvalue weighted by Gasteiger charge is 2.29. The van der Waals surface area contributed by atoms with Gasteiger partial charge in [-0.2, -0.15) is 0 Å². The lowest BCUT2D eigenvalue weighted by molar-refractivity contribution is -0.110. The molecule has 3 rings (SSSR count). The highest BCUT2D eigenvalue weighted by molar-refractivity contribution is 9.11. The third-order valence-electron chi connectivity index (χ3n) is 4.26.